The van der Waals surface area contributed by atoms with E-state index in [4.69, 9.17) is 4.74 Å². The van der Waals surface area contributed by atoms with Crippen molar-refractivity contribution < 1.29 is 22.7 Å². The van der Waals surface area contributed by atoms with E-state index in [2.05, 4.69) is 14.7 Å². The number of likely N-dealkylation sites (tertiary alicyclic amines) is 1. The second-order valence-corrected chi connectivity index (χ2v) is 6.73. The lowest BCUT2D eigenvalue weighted by Gasteiger charge is -2.17. The Hall–Kier alpha value is -2.20. The molecule has 140 valence electrons. The Balaban J connectivity index is 1.44. The molecule has 6 nitrogen and oxygen atoms in total. The maximum Gasteiger partial charge on any atom is 0.401 e. The van der Waals surface area contributed by atoms with Crippen LogP contribution in [0, 0.1) is 5.92 Å². The van der Waals surface area contributed by atoms with Gasteiger partial charge in [-0.3, -0.25) is 9.69 Å². The van der Waals surface area contributed by atoms with Crippen LogP contribution >= 0.6 is 11.5 Å². The van der Waals surface area contributed by atoms with Crippen LogP contribution in [-0.4, -0.2) is 52.6 Å². The van der Waals surface area contributed by atoms with Crippen LogP contribution < -0.4 is 10.1 Å². The topological polar surface area (TPSA) is 67.3 Å². The monoisotopic (exact) mass is 386 g/mol. The normalized spacial score (nSPS) is 18.0. The molecular weight excluding hydrogens is 369 g/mol. The highest BCUT2D eigenvalue weighted by Crippen LogP contribution is 2.23. The van der Waals surface area contributed by atoms with Crippen LogP contribution in [0.3, 0.4) is 0 Å². The van der Waals surface area contributed by atoms with Crippen molar-refractivity contribution in [3.8, 4) is 5.88 Å². The molecule has 1 aliphatic heterocycles. The highest BCUT2D eigenvalue weighted by atomic mass is 32.1. The Bertz CT molecular complexity index is 722. The summed E-state index contributed by atoms with van der Waals surface area (Å²) < 4.78 is 46.6. The number of ether oxygens (including phenoxy) is 1. The second-order valence-electron chi connectivity index (χ2n) is 6.07. The van der Waals surface area contributed by atoms with Gasteiger partial charge in [-0.05, 0) is 30.6 Å². The summed E-state index contributed by atoms with van der Waals surface area (Å²) in [4.78, 5) is 17.4. The number of carbonyl (C=O) groups excluding carboxylic acids is 1. The number of nitrogens with one attached hydrogen (secondary N) is 1. The average molecular weight is 386 g/mol. The van der Waals surface area contributed by atoms with Crippen molar-refractivity contribution in [3.05, 3.63) is 35.5 Å². The van der Waals surface area contributed by atoms with Gasteiger partial charge in [0.15, 0.2) is 0 Å². The number of nitrogens with zero attached hydrogens (tertiary/aromatic N) is 3. The maximum absolute atomic E-state index is 12.4. The van der Waals surface area contributed by atoms with Crippen molar-refractivity contribution in [2.24, 2.45) is 5.92 Å². The number of aromatic nitrogens is 2. The van der Waals surface area contributed by atoms with E-state index in [0.717, 1.165) is 0 Å². The molecule has 0 aromatic carbocycles. The molecule has 0 saturated carbocycles. The summed E-state index contributed by atoms with van der Waals surface area (Å²) in [6.07, 6.45) is -0.554. The minimum atomic E-state index is -4.17. The highest BCUT2D eigenvalue weighted by molar-refractivity contribution is 7.03. The van der Waals surface area contributed by atoms with Gasteiger partial charge in [0, 0.05) is 23.9 Å². The minimum Gasteiger partial charge on any atom is -0.477 e. The first-order chi connectivity index (χ1) is 12.4. The molecule has 2 aromatic rings. The van der Waals surface area contributed by atoms with Crippen LogP contribution in [0.5, 0.6) is 5.88 Å². The number of alkyl halides is 3. The summed E-state index contributed by atoms with van der Waals surface area (Å²) >= 11 is 1.19. The van der Waals surface area contributed by atoms with Crippen LogP contribution in [0.4, 0.5) is 18.9 Å². The van der Waals surface area contributed by atoms with E-state index >= 15 is 0 Å². The Morgan fingerprint density at radius 1 is 1.38 bits per heavy atom. The molecule has 26 heavy (non-hydrogen) atoms. The van der Waals surface area contributed by atoms with Crippen LogP contribution in [0.25, 0.3) is 0 Å². The molecule has 2 aromatic heterocycles. The van der Waals surface area contributed by atoms with Crippen molar-refractivity contribution in [2.45, 2.75) is 12.6 Å². The fourth-order valence-corrected chi connectivity index (χ4v) is 3.23. The zero-order valence-electron chi connectivity index (χ0n) is 13.7. The Labute approximate surface area is 152 Å². The summed E-state index contributed by atoms with van der Waals surface area (Å²) in [5.41, 5.74) is 0.991. The fourth-order valence-electron chi connectivity index (χ4n) is 2.71. The highest BCUT2D eigenvalue weighted by Gasteiger charge is 2.34. The fraction of sp³-hybridized carbons (Fsp3) is 0.438. The molecule has 0 unspecified atom stereocenters. The van der Waals surface area contributed by atoms with Gasteiger partial charge in [-0.1, -0.05) is 0 Å². The molecule has 1 N–H and O–H groups in total. The maximum atomic E-state index is 12.4. The van der Waals surface area contributed by atoms with E-state index < -0.39 is 12.7 Å². The van der Waals surface area contributed by atoms with E-state index in [1.54, 1.807) is 17.5 Å². The van der Waals surface area contributed by atoms with Crippen molar-refractivity contribution >= 4 is 23.1 Å². The first kappa shape index (κ1) is 18.6. The SMILES string of the molecule is O=C(Nc1ccc(OC[C@H]2CCN(CC(F)(F)F)C2)nc1)c1cnsc1. The summed E-state index contributed by atoms with van der Waals surface area (Å²) in [7, 11) is 0. The zero-order valence-corrected chi connectivity index (χ0v) is 14.5. The number of anilines is 1. The number of halogens is 3. The largest absolute Gasteiger partial charge is 0.477 e. The first-order valence-electron chi connectivity index (χ1n) is 7.98. The molecule has 1 aliphatic rings. The van der Waals surface area contributed by atoms with Gasteiger partial charge in [-0.15, -0.1) is 0 Å². The van der Waals surface area contributed by atoms with E-state index in [1.807, 2.05) is 0 Å². The standard InChI is InChI=1S/C16H17F3N4O2S/c17-16(18,19)10-23-4-3-11(7-23)8-25-14-2-1-13(6-20-14)22-15(24)12-5-21-26-9-12/h1-2,5-6,9,11H,3-4,7-8,10H2,(H,22,24)/t11-/m0/s1. The van der Waals surface area contributed by atoms with Gasteiger partial charge >= 0.3 is 6.18 Å². The summed E-state index contributed by atoms with van der Waals surface area (Å²) in [5.74, 6) is 0.143. The second kappa shape index (κ2) is 8.00. The molecule has 10 heteroatoms. The predicted molar refractivity (Wildman–Crippen MR) is 90.4 cm³/mol. The quantitative estimate of drug-likeness (QED) is 0.827. The molecule has 3 heterocycles. The van der Waals surface area contributed by atoms with Crippen molar-refractivity contribution in [2.75, 3.05) is 31.6 Å². The number of rotatable bonds is 6. The minimum absolute atomic E-state index is 0.0459. The zero-order chi connectivity index (χ0) is 18.6. The van der Waals surface area contributed by atoms with Gasteiger partial charge in [-0.25, -0.2) is 9.36 Å². The summed E-state index contributed by atoms with van der Waals surface area (Å²) in [6, 6.07) is 3.27. The third-order valence-corrected chi connectivity index (χ3v) is 4.51. The molecule has 1 fully saturated rings. The molecule has 3 rings (SSSR count). The summed E-state index contributed by atoms with van der Waals surface area (Å²) in [6.45, 7) is 0.217. The molecule has 0 radical (unpaired) electrons. The molecule has 0 aliphatic carbocycles. The van der Waals surface area contributed by atoms with Gasteiger partial charge in [0.2, 0.25) is 5.88 Å². The molecule has 1 saturated heterocycles. The lowest BCUT2D eigenvalue weighted by molar-refractivity contribution is -0.143. The molecule has 0 spiro atoms. The van der Waals surface area contributed by atoms with Gasteiger partial charge in [0.1, 0.15) is 0 Å². The molecule has 1 atom stereocenters. The number of carbonyl (C=O) groups is 1. The van der Waals surface area contributed by atoms with Gasteiger partial charge in [-0.2, -0.15) is 13.2 Å². The lowest BCUT2D eigenvalue weighted by Crippen LogP contribution is -2.32. The van der Waals surface area contributed by atoms with Gasteiger partial charge in [0.05, 0.1) is 36.8 Å². The van der Waals surface area contributed by atoms with E-state index in [-0.39, 0.29) is 11.8 Å². The Morgan fingerprint density at radius 2 is 2.23 bits per heavy atom. The van der Waals surface area contributed by atoms with E-state index in [9.17, 15) is 18.0 Å². The van der Waals surface area contributed by atoms with Crippen LogP contribution in [0.2, 0.25) is 0 Å². The number of hydrogen-bond acceptors (Lipinski definition) is 6. The molecule has 0 bridgehead atoms. The lowest BCUT2D eigenvalue weighted by atomic mass is 10.1. The number of pyridine rings is 1. The van der Waals surface area contributed by atoms with Crippen molar-refractivity contribution in [1.82, 2.24) is 14.3 Å². The third kappa shape index (κ3) is 5.40. The number of hydrogen-bond donors (Lipinski definition) is 1. The third-order valence-electron chi connectivity index (χ3n) is 3.93. The van der Waals surface area contributed by atoms with E-state index in [1.165, 1.54) is 28.8 Å². The van der Waals surface area contributed by atoms with Crippen molar-refractivity contribution in [3.63, 3.8) is 0 Å². The Kier molecular flexibility index (Phi) is 5.72. The van der Waals surface area contributed by atoms with Crippen LogP contribution in [-0.2, 0) is 0 Å². The molecule has 1 amide bonds. The Morgan fingerprint density at radius 3 is 2.88 bits per heavy atom. The smallest absolute Gasteiger partial charge is 0.401 e. The summed E-state index contributed by atoms with van der Waals surface area (Å²) in [5, 5.41) is 4.34. The van der Waals surface area contributed by atoms with E-state index in [0.29, 0.717) is 43.2 Å². The molecular formula is C16H17F3N4O2S. The first-order valence-corrected chi connectivity index (χ1v) is 8.81. The van der Waals surface area contributed by atoms with Gasteiger partial charge < -0.3 is 10.1 Å². The van der Waals surface area contributed by atoms with Crippen molar-refractivity contribution in [1.29, 1.82) is 0 Å². The predicted octanol–water partition coefficient (Wildman–Crippen LogP) is 3.05. The number of amides is 1. The van der Waals surface area contributed by atoms with Crippen LogP contribution in [0.15, 0.2) is 29.9 Å². The average Bonchev–Trinajstić information content (AvgIpc) is 3.24. The van der Waals surface area contributed by atoms with Gasteiger partial charge in [0.25, 0.3) is 5.91 Å². The van der Waals surface area contributed by atoms with Crippen LogP contribution in [0.1, 0.15) is 16.8 Å².